The molecule has 0 fully saturated rings. The fourth-order valence-corrected chi connectivity index (χ4v) is 3.06. The van der Waals surface area contributed by atoms with Crippen molar-refractivity contribution in [3.8, 4) is 0 Å². The number of nitro benzene ring substituents is 1. The van der Waals surface area contributed by atoms with Crippen LogP contribution in [0, 0.1) is 10.1 Å². The summed E-state index contributed by atoms with van der Waals surface area (Å²) >= 11 is 0. The number of hydrogen-bond donors (Lipinski definition) is 2. The number of non-ortho nitro benzene ring substituents is 1. The lowest BCUT2D eigenvalue weighted by molar-refractivity contribution is -0.384. The number of nitro groups is 1. The quantitative estimate of drug-likeness (QED) is 0.438. The standard InChI is InChI=1S/C19H15N7O4/c27-17(22-21-10-12-4-3-5-13(8-12)26(29)30)9-16-19(28)24-23-18-14-6-1-2-7-15(14)20-11-25(16)18/h1-8,10-11,16H,9H2,(H,22,27)(H,24,28)/b21-10+. The summed E-state index contributed by atoms with van der Waals surface area (Å²) in [6.45, 7) is 0. The van der Waals surface area contributed by atoms with Crippen molar-refractivity contribution in [1.29, 1.82) is 0 Å². The smallest absolute Gasteiger partial charge is 0.270 e. The molecule has 2 heterocycles. The van der Waals surface area contributed by atoms with Gasteiger partial charge in [-0.3, -0.25) is 19.7 Å². The van der Waals surface area contributed by atoms with Crippen LogP contribution in [0.3, 0.4) is 0 Å². The molecule has 2 aliphatic heterocycles. The molecule has 11 heteroatoms. The molecular weight excluding hydrogens is 390 g/mol. The highest BCUT2D eigenvalue weighted by Gasteiger charge is 2.36. The number of nitrogens with zero attached hydrogens (tertiary/aromatic N) is 5. The van der Waals surface area contributed by atoms with Crippen molar-refractivity contribution in [2.24, 2.45) is 15.2 Å². The molecule has 0 aliphatic carbocycles. The van der Waals surface area contributed by atoms with Gasteiger partial charge >= 0.3 is 0 Å². The molecule has 11 nitrogen and oxygen atoms in total. The molecule has 2 aromatic carbocycles. The van der Waals surface area contributed by atoms with E-state index in [4.69, 9.17) is 0 Å². The monoisotopic (exact) mass is 405 g/mol. The van der Waals surface area contributed by atoms with Gasteiger partial charge in [-0.05, 0) is 12.1 Å². The molecular formula is C19H15N7O4. The van der Waals surface area contributed by atoms with Crippen molar-refractivity contribution in [2.45, 2.75) is 12.5 Å². The van der Waals surface area contributed by atoms with Crippen LogP contribution >= 0.6 is 0 Å². The summed E-state index contributed by atoms with van der Waals surface area (Å²) in [4.78, 5) is 40.8. The molecule has 0 aromatic heterocycles. The minimum atomic E-state index is -0.845. The Morgan fingerprint density at radius 1 is 1.30 bits per heavy atom. The second kappa shape index (κ2) is 7.91. The van der Waals surface area contributed by atoms with Gasteiger partial charge in [0.1, 0.15) is 6.04 Å². The van der Waals surface area contributed by atoms with Crippen molar-refractivity contribution in [3.05, 3.63) is 69.8 Å². The molecule has 0 bridgehead atoms. The predicted molar refractivity (Wildman–Crippen MR) is 108 cm³/mol. The summed E-state index contributed by atoms with van der Waals surface area (Å²) in [5.41, 5.74) is 6.60. The van der Waals surface area contributed by atoms with Crippen LogP contribution in [0.1, 0.15) is 17.5 Å². The van der Waals surface area contributed by atoms with E-state index >= 15 is 0 Å². The average molecular weight is 405 g/mol. The number of nitrogens with one attached hydrogen (secondary N) is 2. The lowest BCUT2D eigenvalue weighted by Crippen LogP contribution is -2.55. The van der Waals surface area contributed by atoms with Crippen molar-refractivity contribution in [2.75, 3.05) is 0 Å². The van der Waals surface area contributed by atoms with Gasteiger partial charge in [0.2, 0.25) is 5.91 Å². The number of benzene rings is 2. The zero-order valence-corrected chi connectivity index (χ0v) is 15.4. The molecule has 0 saturated carbocycles. The van der Waals surface area contributed by atoms with Crippen LogP contribution in [-0.4, -0.2) is 46.1 Å². The lowest BCUT2D eigenvalue weighted by Gasteiger charge is -2.34. The minimum Gasteiger partial charge on any atom is -0.302 e. The van der Waals surface area contributed by atoms with Gasteiger partial charge in [0.25, 0.3) is 11.6 Å². The van der Waals surface area contributed by atoms with Gasteiger partial charge < -0.3 is 4.90 Å². The van der Waals surface area contributed by atoms with Crippen molar-refractivity contribution in [1.82, 2.24) is 15.8 Å². The van der Waals surface area contributed by atoms with E-state index in [0.717, 1.165) is 5.56 Å². The molecule has 30 heavy (non-hydrogen) atoms. The van der Waals surface area contributed by atoms with E-state index < -0.39 is 22.8 Å². The predicted octanol–water partition coefficient (Wildman–Crippen LogP) is 1.27. The molecule has 0 saturated heterocycles. The maximum absolute atomic E-state index is 12.3. The van der Waals surface area contributed by atoms with E-state index in [1.54, 1.807) is 11.0 Å². The van der Waals surface area contributed by atoms with Gasteiger partial charge in [-0.2, -0.15) is 10.2 Å². The Hall–Kier alpha value is -4.41. The Bertz CT molecular complexity index is 1130. The first-order valence-electron chi connectivity index (χ1n) is 8.89. The summed E-state index contributed by atoms with van der Waals surface area (Å²) in [5, 5.41) is 18.7. The molecule has 2 N–H and O–H groups in total. The molecule has 150 valence electrons. The number of rotatable bonds is 5. The van der Waals surface area contributed by atoms with Crippen molar-refractivity contribution < 1.29 is 14.5 Å². The van der Waals surface area contributed by atoms with Crippen LogP contribution < -0.4 is 10.9 Å². The fourth-order valence-electron chi connectivity index (χ4n) is 3.06. The topological polar surface area (TPSA) is 142 Å². The van der Waals surface area contributed by atoms with Crippen LogP contribution in [0.15, 0.2) is 63.7 Å². The second-order valence-electron chi connectivity index (χ2n) is 6.45. The number of carbonyl (C=O) groups is 2. The number of hydrazone groups is 2. The van der Waals surface area contributed by atoms with Crippen LogP contribution in [0.25, 0.3) is 0 Å². The van der Waals surface area contributed by atoms with E-state index in [1.807, 2.05) is 24.3 Å². The zero-order valence-electron chi connectivity index (χ0n) is 15.4. The third kappa shape index (κ3) is 3.76. The summed E-state index contributed by atoms with van der Waals surface area (Å²) in [7, 11) is 0. The van der Waals surface area contributed by atoms with Crippen LogP contribution in [-0.2, 0) is 9.59 Å². The average Bonchev–Trinajstić information content (AvgIpc) is 2.75. The maximum atomic E-state index is 12.3. The van der Waals surface area contributed by atoms with Gasteiger partial charge in [-0.1, -0.05) is 24.3 Å². The van der Waals surface area contributed by atoms with Crippen molar-refractivity contribution >= 4 is 41.6 Å². The Kier molecular flexibility index (Phi) is 4.99. The van der Waals surface area contributed by atoms with Crippen molar-refractivity contribution in [3.63, 3.8) is 0 Å². The van der Waals surface area contributed by atoms with E-state index in [2.05, 4.69) is 26.0 Å². The SMILES string of the molecule is O=C(CC1C(=O)NN=C2c3ccccc3N=CN21)N/N=C/c1cccc([N+](=O)[O-])c1. The van der Waals surface area contributed by atoms with Crippen LogP contribution in [0.4, 0.5) is 11.4 Å². The van der Waals surface area contributed by atoms with Crippen LogP contribution in [0.5, 0.6) is 0 Å². The molecule has 2 aromatic rings. The highest BCUT2D eigenvalue weighted by atomic mass is 16.6. The highest BCUT2D eigenvalue weighted by Crippen LogP contribution is 2.27. The molecule has 1 atom stereocenters. The molecule has 2 aliphatic rings. The molecule has 0 radical (unpaired) electrons. The zero-order chi connectivity index (χ0) is 21.1. The van der Waals surface area contributed by atoms with Gasteiger partial charge in [0.05, 0.1) is 29.6 Å². The molecule has 1 unspecified atom stereocenters. The van der Waals surface area contributed by atoms with Gasteiger partial charge in [0.15, 0.2) is 5.84 Å². The number of fused-ring (bicyclic) bond motifs is 3. The third-order valence-corrected chi connectivity index (χ3v) is 4.48. The lowest BCUT2D eigenvalue weighted by atomic mass is 10.1. The van der Waals surface area contributed by atoms with Gasteiger partial charge in [-0.25, -0.2) is 15.8 Å². The first-order chi connectivity index (χ1) is 14.5. The molecule has 4 rings (SSSR count). The third-order valence-electron chi connectivity index (χ3n) is 4.48. The summed E-state index contributed by atoms with van der Waals surface area (Å²) < 4.78 is 0. The van der Waals surface area contributed by atoms with E-state index in [-0.39, 0.29) is 12.1 Å². The summed E-state index contributed by atoms with van der Waals surface area (Å²) in [5.74, 6) is -0.453. The second-order valence-corrected chi connectivity index (χ2v) is 6.45. The number of amides is 2. The molecule has 0 spiro atoms. The fraction of sp³-hybridized carbons (Fsp3) is 0.105. The number of carbonyl (C=O) groups excluding carboxylic acids is 2. The Balaban J connectivity index is 1.43. The van der Waals surface area contributed by atoms with Gasteiger partial charge in [0, 0.05) is 23.3 Å². The first kappa shape index (κ1) is 18.9. The van der Waals surface area contributed by atoms with Gasteiger partial charge in [-0.15, -0.1) is 0 Å². The minimum absolute atomic E-state index is 0.0827. The Labute approximate surface area is 169 Å². The normalized spacial score (nSPS) is 17.1. The largest absolute Gasteiger partial charge is 0.302 e. The summed E-state index contributed by atoms with van der Waals surface area (Å²) in [6, 6.07) is 12.3. The van der Waals surface area contributed by atoms with Crippen LogP contribution in [0.2, 0.25) is 0 Å². The Morgan fingerprint density at radius 3 is 2.97 bits per heavy atom. The Morgan fingerprint density at radius 2 is 2.13 bits per heavy atom. The van der Waals surface area contributed by atoms with E-state index in [0.29, 0.717) is 17.1 Å². The highest BCUT2D eigenvalue weighted by molar-refractivity contribution is 6.14. The summed E-state index contributed by atoms with van der Waals surface area (Å²) in [6.07, 6.45) is 2.58. The molecule has 2 amide bonds. The van der Waals surface area contributed by atoms with E-state index in [1.165, 1.54) is 30.8 Å². The number of aliphatic imine (C=N–C) groups is 1. The number of hydrogen-bond acceptors (Lipinski definition) is 8. The first-order valence-corrected chi connectivity index (χ1v) is 8.89. The number of para-hydroxylation sites is 1. The number of amidine groups is 1. The van der Waals surface area contributed by atoms with E-state index in [9.17, 15) is 19.7 Å². The maximum Gasteiger partial charge on any atom is 0.270 e.